The molecule has 2 N–H and O–H groups in total. The van der Waals surface area contributed by atoms with Crippen LogP contribution >= 0.6 is 0 Å². The summed E-state index contributed by atoms with van der Waals surface area (Å²) in [6, 6.07) is 0. The summed E-state index contributed by atoms with van der Waals surface area (Å²) < 4.78 is 10.4. The van der Waals surface area contributed by atoms with Gasteiger partial charge in [-0.1, -0.05) is 13.3 Å². The zero-order valence-electron chi connectivity index (χ0n) is 13.1. The van der Waals surface area contributed by atoms with E-state index in [4.69, 9.17) is 9.47 Å². The Morgan fingerprint density at radius 3 is 2.20 bits per heavy atom. The summed E-state index contributed by atoms with van der Waals surface area (Å²) in [4.78, 5) is 23.2. The lowest BCUT2D eigenvalue weighted by Gasteiger charge is -2.29. The van der Waals surface area contributed by atoms with Crippen molar-refractivity contribution in [2.75, 3.05) is 19.8 Å². The smallest absolute Gasteiger partial charge is 0.407 e. The maximum Gasteiger partial charge on any atom is 0.407 e. The number of ether oxygens (including phenoxy) is 2. The molecular weight excluding hydrogens is 262 g/mol. The van der Waals surface area contributed by atoms with Crippen LogP contribution in [-0.4, -0.2) is 42.5 Å². The summed E-state index contributed by atoms with van der Waals surface area (Å²) in [7, 11) is 0. The van der Waals surface area contributed by atoms with Gasteiger partial charge in [0.2, 0.25) is 0 Å². The number of rotatable bonds is 8. The minimum atomic E-state index is -1.11. The number of alkyl carbamates (subject to hydrolysis) is 1. The lowest BCUT2D eigenvalue weighted by molar-refractivity contribution is -0.153. The quantitative estimate of drug-likeness (QED) is 0.717. The van der Waals surface area contributed by atoms with Gasteiger partial charge < -0.3 is 19.9 Å². The average molecular weight is 289 g/mol. The predicted octanol–water partition coefficient (Wildman–Crippen LogP) is 2.42. The van der Waals surface area contributed by atoms with Gasteiger partial charge in [-0.3, -0.25) is 4.79 Å². The van der Waals surface area contributed by atoms with E-state index in [-0.39, 0.29) is 13.2 Å². The molecule has 0 aromatic carbocycles. The van der Waals surface area contributed by atoms with Gasteiger partial charge >= 0.3 is 12.1 Å². The Labute approximate surface area is 120 Å². The van der Waals surface area contributed by atoms with Crippen LogP contribution in [0.15, 0.2) is 0 Å². The number of nitrogens with one attached hydrogen (secondary N) is 1. The van der Waals surface area contributed by atoms with Crippen LogP contribution in [0, 0.1) is 5.41 Å². The number of hydrogen-bond donors (Lipinski definition) is 2. The van der Waals surface area contributed by atoms with Crippen LogP contribution in [0.2, 0.25) is 0 Å². The molecule has 0 fully saturated rings. The second-order valence-electron chi connectivity index (χ2n) is 5.83. The number of carbonyl (C=O) groups is 2. The molecule has 6 nitrogen and oxygen atoms in total. The van der Waals surface area contributed by atoms with Crippen molar-refractivity contribution in [2.45, 2.75) is 53.1 Å². The van der Waals surface area contributed by atoms with Gasteiger partial charge in [0, 0.05) is 13.2 Å². The maximum absolute atomic E-state index is 11.6. The maximum atomic E-state index is 11.6. The highest BCUT2D eigenvalue weighted by molar-refractivity contribution is 5.76. The van der Waals surface area contributed by atoms with E-state index in [1.807, 2.05) is 6.92 Å². The van der Waals surface area contributed by atoms with Gasteiger partial charge in [-0.25, -0.2) is 4.79 Å². The fourth-order valence-corrected chi connectivity index (χ4v) is 1.79. The fourth-order valence-electron chi connectivity index (χ4n) is 1.79. The molecule has 1 amide bonds. The van der Waals surface area contributed by atoms with E-state index in [1.165, 1.54) is 0 Å². The first-order chi connectivity index (χ1) is 9.17. The summed E-state index contributed by atoms with van der Waals surface area (Å²) in [5.41, 5.74) is -1.72. The van der Waals surface area contributed by atoms with E-state index in [9.17, 15) is 14.7 Å². The molecule has 0 bridgehead atoms. The van der Waals surface area contributed by atoms with Gasteiger partial charge in [0.1, 0.15) is 11.0 Å². The van der Waals surface area contributed by atoms with Crippen molar-refractivity contribution in [3.05, 3.63) is 0 Å². The molecule has 1 unspecified atom stereocenters. The lowest BCUT2D eigenvalue weighted by atomic mass is 9.84. The third kappa shape index (κ3) is 6.75. The number of hydrogen-bond acceptors (Lipinski definition) is 4. The molecule has 0 aliphatic carbocycles. The van der Waals surface area contributed by atoms with Crippen LogP contribution < -0.4 is 5.32 Å². The fraction of sp³-hybridized carbons (Fsp3) is 0.857. The highest BCUT2D eigenvalue weighted by atomic mass is 16.6. The number of amides is 1. The van der Waals surface area contributed by atoms with Crippen LogP contribution in [0.1, 0.15) is 47.5 Å². The van der Waals surface area contributed by atoms with Gasteiger partial charge in [0.15, 0.2) is 0 Å². The summed E-state index contributed by atoms with van der Waals surface area (Å²) in [5.74, 6) is -0.969. The summed E-state index contributed by atoms with van der Waals surface area (Å²) >= 11 is 0. The first kappa shape index (κ1) is 18.7. The van der Waals surface area contributed by atoms with Crippen LogP contribution in [0.5, 0.6) is 0 Å². The summed E-state index contributed by atoms with van der Waals surface area (Å²) in [5, 5.41) is 12.0. The molecule has 0 saturated carbocycles. The molecule has 0 spiro atoms. The van der Waals surface area contributed by atoms with E-state index in [1.54, 1.807) is 27.7 Å². The second kappa shape index (κ2) is 8.09. The standard InChI is InChI=1S/C14H27NO5/c1-6-8-14(11(16)17,10-19-7-2)9-15-12(18)20-13(3,4)5/h6-10H2,1-5H3,(H,15,18)(H,16,17). The zero-order chi connectivity index (χ0) is 15.8. The molecule has 20 heavy (non-hydrogen) atoms. The van der Waals surface area contributed by atoms with E-state index in [0.29, 0.717) is 19.4 Å². The first-order valence-electron chi connectivity index (χ1n) is 6.95. The SMILES string of the molecule is CCCC(CNC(=O)OC(C)(C)C)(COCC)C(=O)O. The van der Waals surface area contributed by atoms with Crippen LogP contribution in [0.25, 0.3) is 0 Å². The molecule has 0 aliphatic rings. The van der Waals surface area contributed by atoms with Crippen molar-refractivity contribution in [1.29, 1.82) is 0 Å². The van der Waals surface area contributed by atoms with E-state index >= 15 is 0 Å². The lowest BCUT2D eigenvalue weighted by Crippen LogP contribution is -2.47. The third-order valence-corrected chi connectivity index (χ3v) is 2.73. The number of carboxylic acids is 1. The molecule has 0 radical (unpaired) electrons. The van der Waals surface area contributed by atoms with Crippen molar-refractivity contribution in [1.82, 2.24) is 5.32 Å². The Morgan fingerprint density at radius 1 is 1.20 bits per heavy atom. The molecule has 0 aliphatic heterocycles. The number of aliphatic carboxylic acids is 1. The molecular formula is C14H27NO5. The van der Waals surface area contributed by atoms with E-state index in [0.717, 1.165) is 0 Å². The minimum absolute atomic E-state index is 0.00884. The van der Waals surface area contributed by atoms with Crippen LogP contribution in [-0.2, 0) is 14.3 Å². The highest BCUT2D eigenvalue weighted by Crippen LogP contribution is 2.24. The first-order valence-corrected chi connectivity index (χ1v) is 6.95. The Morgan fingerprint density at radius 2 is 1.80 bits per heavy atom. The van der Waals surface area contributed by atoms with Gasteiger partial charge in [-0.05, 0) is 34.1 Å². The molecule has 0 aromatic heterocycles. The van der Waals surface area contributed by atoms with Crippen molar-refractivity contribution in [3.8, 4) is 0 Å². The zero-order valence-corrected chi connectivity index (χ0v) is 13.1. The largest absolute Gasteiger partial charge is 0.481 e. The molecule has 0 saturated heterocycles. The van der Waals surface area contributed by atoms with Crippen molar-refractivity contribution in [2.24, 2.45) is 5.41 Å². The molecule has 118 valence electrons. The summed E-state index contributed by atoms with van der Waals surface area (Å²) in [6.07, 6.45) is 0.503. The van der Waals surface area contributed by atoms with E-state index in [2.05, 4.69) is 5.32 Å². The topological polar surface area (TPSA) is 84.9 Å². The van der Waals surface area contributed by atoms with Gasteiger partial charge in [-0.15, -0.1) is 0 Å². The van der Waals surface area contributed by atoms with Gasteiger partial charge in [0.25, 0.3) is 0 Å². The molecule has 0 aromatic rings. The van der Waals surface area contributed by atoms with Crippen molar-refractivity contribution < 1.29 is 24.2 Å². The highest BCUT2D eigenvalue weighted by Gasteiger charge is 2.38. The Balaban J connectivity index is 4.71. The molecule has 0 heterocycles. The average Bonchev–Trinajstić information content (AvgIpc) is 2.30. The van der Waals surface area contributed by atoms with Gasteiger partial charge in [-0.2, -0.15) is 0 Å². The molecule has 0 rings (SSSR count). The number of carbonyl (C=O) groups excluding carboxylic acids is 1. The normalized spacial score (nSPS) is 14.4. The van der Waals surface area contributed by atoms with Crippen LogP contribution in [0.4, 0.5) is 4.79 Å². The van der Waals surface area contributed by atoms with Crippen molar-refractivity contribution >= 4 is 12.1 Å². The third-order valence-electron chi connectivity index (χ3n) is 2.73. The monoisotopic (exact) mass is 289 g/mol. The predicted molar refractivity (Wildman–Crippen MR) is 75.7 cm³/mol. The Kier molecular flexibility index (Phi) is 7.57. The Bertz CT molecular complexity index is 324. The molecule has 1 atom stereocenters. The summed E-state index contributed by atoms with van der Waals surface area (Å²) in [6.45, 7) is 9.46. The Hall–Kier alpha value is -1.30. The molecule has 6 heteroatoms. The van der Waals surface area contributed by atoms with Crippen molar-refractivity contribution in [3.63, 3.8) is 0 Å². The number of carboxylic acid groups (broad SMARTS) is 1. The van der Waals surface area contributed by atoms with E-state index < -0.39 is 23.1 Å². The van der Waals surface area contributed by atoms with Crippen LogP contribution in [0.3, 0.4) is 0 Å². The second-order valence-corrected chi connectivity index (χ2v) is 5.83. The van der Waals surface area contributed by atoms with Gasteiger partial charge in [0.05, 0.1) is 6.61 Å². The minimum Gasteiger partial charge on any atom is -0.481 e.